The van der Waals surface area contributed by atoms with Crippen molar-refractivity contribution < 1.29 is 9.16 Å². The number of rotatable bonds is 9. The van der Waals surface area contributed by atoms with E-state index in [2.05, 4.69) is 52.9 Å². The Balaban J connectivity index is 2.19. The molecule has 30 heavy (non-hydrogen) atoms. The highest BCUT2D eigenvalue weighted by Gasteiger charge is 2.46. The van der Waals surface area contributed by atoms with Crippen LogP contribution < -0.4 is 14.5 Å². The molecule has 0 radical (unpaired) electrons. The SMILES string of the molecule is CC(C)Oc1ccc(Nc2ccc(O[Si](C(C)C)(C(C)C)C(C)C)cc2)cc1C#N. The van der Waals surface area contributed by atoms with Crippen molar-refractivity contribution in [3.8, 4) is 17.6 Å². The van der Waals surface area contributed by atoms with Gasteiger partial charge in [0, 0.05) is 11.4 Å². The van der Waals surface area contributed by atoms with Crippen molar-refractivity contribution in [2.24, 2.45) is 0 Å². The molecule has 0 bridgehead atoms. The lowest BCUT2D eigenvalue weighted by Crippen LogP contribution is -2.50. The molecule has 0 atom stereocenters. The fourth-order valence-corrected chi connectivity index (χ4v) is 9.63. The zero-order valence-corrected chi connectivity index (χ0v) is 20.6. The molecule has 0 amide bonds. The molecule has 2 aromatic rings. The van der Waals surface area contributed by atoms with E-state index in [9.17, 15) is 5.26 Å². The number of nitrogens with one attached hydrogen (secondary N) is 1. The lowest BCUT2D eigenvalue weighted by molar-refractivity contribution is 0.242. The third-order valence-corrected chi connectivity index (χ3v) is 11.6. The van der Waals surface area contributed by atoms with E-state index in [1.165, 1.54) is 0 Å². The number of ether oxygens (including phenoxy) is 1. The Kier molecular flexibility index (Phi) is 7.97. The highest BCUT2D eigenvalue weighted by molar-refractivity contribution is 6.78. The second kappa shape index (κ2) is 10.0. The largest absolute Gasteiger partial charge is 0.543 e. The van der Waals surface area contributed by atoms with Crippen LogP contribution in [0.5, 0.6) is 11.5 Å². The average molecular weight is 425 g/mol. The van der Waals surface area contributed by atoms with Crippen LogP contribution in [0.25, 0.3) is 0 Å². The molecule has 0 unspecified atom stereocenters. The maximum Gasteiger partial charge on any atom is 0.258 e. The molecule has 0 spiro atoms. The molecule has 2 aromatic carbocycles. The van der Waals surface area contributed by atoms with Gasteiger partial charge in [0.2, 0.25) is 0 Å². The van der Waals surface area contributed by atoms with Gasteiger partial charge >= 0.3 is 0 Å². The van der Waals surface area contributed by atoms with Crippen LogP contribution in [0.4, 0.5) is 11.4 Å². The van der Waals surface area contributed by atoms with Crippen molar-refractivity contribution in [1.29, 1.82) is 5.26 Å². The second-order valence-electron chi connectivity index (χ2n) is 9.06. The number of anilines is 2. The predicted octanol–water partition coefficient (Wildman–Crippen LogP) is 7.64. The molecule has 1 N–H and O–H groups in total. The summed E-state index contributed by atoms with van der Waals surface area (Å²) < 4.78 is 12.4. The van der Waals surface area contributed by atoms with E-state index < -0.39 is 8.32 Å². The number of nitrogens with zero attached hydrogens (tertiary/aromatic N) is 1. The highest BCUT2D eigenvalue weighted by Crippen LogP contribution is 2.42. The molecule has 0 aliphatic heterocycles. The van der Waals surface area contributed by atoms with E-state index in [0.717, 1.165) is 17.1 Å². The summed E-state index contributed by atoms with van der Waals surface area (Å²) >= 11 is 0. The van der Waals surface area contributed by atoms with Gasteiger partial charge in [-0.05, 0) is 72.9 Å². The summed E-state index contributed by atoms with van der Waals surface area (Å²) in [6.45, 7) is 17.7. The molecule has 4 nitrogen and oxygen atoms in total. The smallest absolute Gasteiger partial charge is 0.258 e. The fraction of sp³-hybridized carbons (Fsp3) is 0.480. The summed E-state index contributed by atoms with van der Waals surface area (Å²) in [7, 11) is -1.96. The lowest BCUT2D eigenvalue weighted by atomic mass is 10.2. The minimum Gasteiger partial charge on any atom is -0.543 e. The van der Waals surface area contributed by atoms with E-state index in [-0.39, 0.29) is 6.10 Å². The normalized spacial score (nSPS) is 11.8. The van der Waals surface area contributed by atoms with Gasteiger partial charge in [0.1, 0.15) is 17.6 Å². The van der Waals surface area contributed by atoms with Crippen molar-refractivity contribution in [3.05, 3.63) is 48.0 Å². The van der Waals surface area contributed by atoms with Gasteiger partial charge in [0.05, 0.1) is 11.7 Å². The van der Waals surface area contributed by atoms with Crippen LogP contribution in [-0.4, -0.2) is 14.4 Å². The molecule has 5 heteroatoms. The van der Waals surface area contributed by atoms with Crippen LogP contribution in [-0.2, 0) is 0 Å². The number of benzene rings is 2. The van der Waals surface area contributed by atoms with E-state index in [0.29, 0.717) is 27.9 Å². The third-order valence-electron chi connectivity index (χ3n) is 5.61. The highest BCUT2D eigenvalue weighted by atomic mass is 28.4. The Morgan fingerprint density at radius 3 is 1.80 bits per heavy atom. The summed E-state index contributed by atoms with van der Waals surface area (Å²) in [6, 6.07) is 15.9. The number of nitriles is 1. The fourth-order valence-electron chi connectivity index (χ4n) is 4.38. The summed E-state index contributed by atoms with van der Waals surface area (Å²) in [6.07, 6.45) is 0.0293. The molecular formula is C25H36N2O2Si. The monoisotopic (exact) mass is 424 g/mol. The summed E-state index contributed by atoms with van der Waals surface area (Å²) in [5.41, 5.74) is 3.93. The summed E-state index contributed by atoms with van der Waals surface area (Å²) in [4.78, 5) is 0. The third kappa shape index (κ3) is 5.37. The zero-order chi connectivity index (χ0) is 22.5. The number of hydrogen-bond donors (Lipinski definition) is 1. The Morgan fingerprint density at radius 1 is 0.800 bits per heavy atom. The predicted molar refractivity (Wildman–Crippen MR) is 128 cm³/mol. The second-order valence-corrected chi connectivity index (χ2v) is 14.4. The summed E-state index contributed by atoms with van der Waals surface area (Å²) in [5.74, 6) is 1.54. The first kappa shape index (κ1) is 23.8. The van der Waals surface area contributed by atoms with Gasteiger partial charge in [-0.2, -0.15) is 5.26 Å². The van der Waals surface area contributed by atoms with Crippen LogP contribution in [0.3, 0.4) is 0 Å². The molecule has 0 aliphatic rings. The minimum atomic E-state index is -1.96. The minimum absolute atomic E-state index is 0.0293. The Labute approximate surface area is 183 Å². The standard InChI is InChI=1S/C25H36N2O2Si/c1-17(2)28-25-14-11-23(15-21(25)16-26)27-22-9-12-24(13-10-22)29-30(18(3)4,19(5)6)20(7)8/h9-15,17-20,27H,1-8H3. The molecular weight excluding hydrogens is 388 g/mol. The first-order valence-electron chi connectivity index (χ1n) is 10.9. The van der Waals surface area contributed by atoms with Crippen LogP contribution in [0.15, 0.2) is 42.5 Å². The topological polar surface area (TPSA) is 54.3 Å². The lowest BCUT2D eigenvalue weighted by Gasteiger charge is -2.42. The van der Waals surface area contributed by atoms with E-state index in [1.807, 2.05) is 56.3 Å². The van der Waals surface area contributed by atoms with Gasteiger partial charge in [-0.15, -0.1) is 0 Å². The van der Waals surface area contributed by atoms with Crippen LogP contribution >= 0.6 is 0 Å². The molecule has 2 rings (SSSR count). The van der Waals surface area contributed by atoms with E-state index in [1.54, 1.807) is 0 Å². The van der Waals surface area contributed by atoms with Crippen molar-refractivity contribution in [2.45, 2.75) is 78.1 Å². The van der Waals surface area contributed by atoms with Gasteiger partial charge in [-0.1, -0.05) is 41.5 Å². The van der Waals surface area contributed by atoms with Crippen LogP contribution in [0.2, 0.25) is 16.6 Å². The average Bonchev–Trinajstić information content (AvgIpc) is 2.67. The molecule has 0 saturated heterocycles. The first-order chi connectivity index (χ1) is 14.1. The van der Waals surface area contributed by atoms with Crippen molar-refractivity contribution in [2.75, 3.05) is 5.32 Å². The number of hydrogen-bond acceptors (Lipinski definition) is 4. The Bertz CT molecular complexity index is 846. The molecule has 0 saturated carbocycles. The molecule has 0 heterocycles. The molecule has 162 valence electrons. The summed E-state index contributed by atoms with van der Waals surface area (Å²) in [5, 5.41) is 12.8. The van der Waals surface area contributed by atoms with Crippen molar-refractivity contribution in [3.63, 3.8) is 0 Å². The van der Waals surface area contributed by atoms with Crippen LogP contribution in [0, 0.1) is 11.3 Å². The van der Waals surface area contributed by atoms with Crippen LogP contribution in [0.1, 0.15) is 61.0 Å². The molecule has 0 aliphatic carbocycles. The maximum absolute atomic E-state index is 9.43. The van der Waals surface area contributed by atoms with Gasteiger partial charge < -0.3 is 14.5 Å². The van der Waals surface area contributed by atoms with Gasteiger partial charge in [-0.25, -0.2) is 0 Å². The van der Waals surface area contributed by atoms with Gasteiger partial charge in [0.25, 0.3) is 8.32 Å². The Morgan fingerprint density at radius 2 is 1.33 bits per heavy atom. The Hall–Kier alpha value is -2.45. The maximum atomic E-state index is 9.43. The van der Waals surface area contributed by atoms with E-state index in [4.69, 9.17) is 9.16 Å². The van der Waals surface area contributed by atoms with Crippen molar-refractivity contribution in [1.82, 2.24) is 0 Å². The van der Waals surface area contributed by atoms with Gasteiger partial charge in [0.15, 0.2) is 0 Å². The zero-order valence-electron chi connectivity index (χ0n) is 19.6. The molecule has 0 aromatic heterocycles. The van der Waals surface area contributed by atoms with Crippen molar-refractivity contribution >= 4 is 19.7 Å². The molecule has 0 fully saturated rings. The first-order valence-corrected chi connectivity index (χ1v) is 13.0. The van der Waals surface area contributed by atoms with E-state index >= 15 is 0 Å². The van der Waals surface area contributed by atoms with Gasteiger partial charge in [-0.3, -0.25) is 0 Å². The quantitative estimate of drug-likeness (QED) is 0.420.